The maximum atomic E-state index is 13.1. The van der Waals surface area contributed by atoms with Crippen molar-refractivity contribution in [2.45, 2.75) is 16.6 Å². The summed E-state index contributed by atoms with van der Waals surface area (Å²) in [5.74, 6) is -0.103. The average Bonchev–Trinajstić information content (AvgIpc) is 2.88. The van der Waals surface area contributed by atoms with Gasteiger partial charge in [-0.15, -0.1) is 22.9 Å². The maximum absolute atomic E-state index is 13.1. The van der Waals surface area contributed by atoms with Gasteiger partial charge < -0.3 is 0 Å². The molecule has 0 aliphatic heterocycles. The van der Waals surface area contributed by atoms with E-state index >= 15 is 0 Å². The highest BCUT2D eigenvalue weighted by Gasteiger charge is 2.22. The zero-order valence-electron chi connectivity index (χ0n) is 10.7. The number of halogens is 2. The van der Waals surface area contributed by atoms with Crippen LogP contribution in [-0.4, -0.2) is 19.8 Å². The summed E-state index contributed by atoms with van der Waals surface area (Å²) in [4.78, 5) is 0. The number of nitrogens with zero attached hydrogens (tertiary/aromatic N) is 1. The van der Waals surface area contributed by atoms with Crippen molar-refractivity contribution >= 4 is 33.0 Å². The Hall–Kier alpha value is -0.950. The fourth-order valence-electron chi connectivity index (χ4n) is 1.69. The van der Waals surface area contributed by atoms with Crippen molar-refractivity contribution < 1.29 is 12.8 Å². The monoisotopic (exact) mass is 333 g/mol. The van der Waals surface area contributed by atoms with Gasteiger partial charge in [-0.25, -0.2) is 12.8 Å². The summed E-state index contributed by atoms with van der Waals surface area (Å²) in [5.41, 5.74) is 1.37. The summed E-state index contributed by atoms with van der Waals surface area (Å²) in [6, 6.07) is 7.46. The third kappa shape index (κ3) is 3.38. The molecule has 0 saturated heterocycles. The van der Waals surface area contributed by atoms with Gasteiger partial charge in [0.2, 0.25) is 0 Å². The van der Waals surface area contributed by atoms with Crippen LogP contribution >= 0.6 is 22.9 Å². The van der Waals surface area contributed by atoms with Crippen molar-refractivity contribution in [1.82, 2.24) is 4.31 Å². The smallest absolute Gasteiger partial charge is 0.207 e. The van der Waals surface area contributed by atoms with E-state index in [1.165, 1.54) is 23.5 Å². The number of thiophene rings is 1. The molecular weight excluding hydrogens is 321 g/mol. The zero-order chi connectivity index (χ0) is 14.8. The van der Waals surface area contributed by atoms with Crippen molar-refractivity contribution in [3.05, 3.63) is 52.7 Å². The number of benzene rings is 1. The Labute approximate surface area is 126 Å². The third-order valence-corrected chi connectivity index (χ3v) is 6.32. The summed E-state index contributed by atoms with van der Waals surface area (Å²) in [5, 5.41) is 1.72. The number of alkyl halides is 1. The van der Waals surface area contributed by atoms with Crippen LogP contribution in [0.15, 0.2) is 39.9 Å². The fraction of sp³-hybridized carbons (Fsp3) is 0.231. The standard InChI is InChI=1S/C13H13ClFNO2S2/c1-16(8-10-3-2-4-12(15)5-10)20(17,18)13-6-11(7-14)9-19-13/h2-6,9H,7-8H2,1H3. The Bertz CT molecular complexity index is 700. The molecule has 1 aromatic carbocycles. The highest BCUT2D eigenvalue weighted by Crippen LogP contribution is 2.25. The summed E-state index contributed by atoms with van der Waals surface area (Å²) in [6.45, 7) is 0.119. The lowest BCUT2D eigenvalue weighted by molar-refractivity contribution is 0.467. The van der Waals surface area contributed by atoms with Crippen molar-refractivity contribution in [3.8, 4) is 0 Å². The molecule has 0 saturated carbocycles. The minimum Gasteiger partial charge on any atom is -0.207 e. The molecule has 0 bridgehead atoms. The second kappa shape index (κ2) is 6.22. The molecule has 108 valence electrons. The lowest BCUT2D eigenvalue weighted by Crippen LogP contribution is -2.25. The van der Waals surface area contributed by atoms with E-state index in [4.69, 9.17) is 11.6 Å². The zero-order valence-corrected chi connectivity index (χ0v) is 13.1. The molecular formula is C13H13ClFNO2S2. The maximum Gasteiger partial charge on any atom is 0.252 e. The van der Waals surface area contributed by atoms with Crippen LogP contribution in [0.2, 0.25) is 0 Å². The Morgan fingerprint density at radius 3 is 2.65 bits per heavy atom. The van der Waals surface area contributed by atoms with Crippen LogP contribution < -0.4 is 0 Å². The highest BCUT2D eigenvalue weighted by atomic mass is 35.5. The van der Waals surface area contributed by atoms with Gasteiger partial charge in [-0.1, -0.05) is 12.1 Å². The molecule has 20 heavy (non-hydrogen) atoms. The van der Waals surface area contributed by atoms with Gasteiger partial charge in [0.05, 0.1) is 0 Å². The van der Waals surface area contributed by atoms with E-state index in [9.17, 15) is 12.8 Å². The van der Waals surface area contributed by atoms with Crippen LogP contribution in [0, 0.1) is 5.82 Å². The highest BCUT2D eigenvalue weighted by molar-refractivity contribution is 7.91. The fourth-order valence-corrected chi connectivity index (χ4v) is 4.51. The normalized spacial score (nSPS) is 12.0. The predicted molar refractivity (Wildman–Crippen MR) is 78.9 cm³/mol. The lowest BCUT2D eigenvalue weighted by Gasteiger charge is -2.16. The SMILES string of the molecule is CN(Cc1cccc(F)c1)S(=O)(=O)c1cc(CCl)cs1. The van der Waals surface area contributed by atoms with Crippen LogP contribution in [0.5, 0.6) is 0 Å². The molecule has 0 unspecified atom stereocenters. The topological polar surface area (TPSA) is 37.4 Å². The van der Waals surface area contributed by atoms with Crippen LogP contribution in [0.1, 0.15) is 11.1 Å². The van der Waals surface area contributed by atoms with Gasteiger partial charge in [-0.2, -0.15) is 4.31 Å². The average molecular weight is 334 g/mol. The first-order chi connectivity index (χ1) is 9.43. The summed E-state index contributed by atoms with van der Waals surface area (Å²) in [6.07, 6.45) is 0. The van der Waals surface area contributed by atoms with Gasteiger partial charge in [0.15, 0.2) is 0 Å². The van der Waals surface area contributed by atoms with E-state index in [0.29, 0.717) is 5.56 Å². The van der Waals surface area contributed by atoms with Crippen LogP contribution in [0.3, 0.4) is 0 Å². The Morgan fingerprint density at radius 1 is 1.30 bits per heavy atom. The van der Waals surface area contributed by atoms with E-state index in [-0.39, 0.29) is 22.5 Å². The van der Waals surface area contributed by atoms with Gasteiger partial charge >= 0.3 is 0 Å². The van der Waals surface area contributed by atoms with E-state index < -0.39 is 10.0 Å². The number of hydrogen-bond acceptors (Lipinski definition) is 3. The van der Waals surface area contributed by atoms with Crippen molar-refractivity contribution in [2.75, 3.05) is 7.05 Å². The molecule has 0 spiro atoms. The lowest BCUT2D eigenvalue weighted by atomic mass is 10.2. The largest absolute Gasteiger partial charge is 0.252 e. The molecule has 0 fully saturated rings. The molecule has 0 aliphatic rings. The summed E-state index contributed by atoms with van der Waals surface area (Å²) in [7, 11) is -2.10. The van der Waals surface area contributed by atoms with Crippen molar-refractivity contribution in [2.24, 2.45) is 0 Å². The molecule has 0 radical (unpaired) electrons. The van der Waals surface area contributed by atoms with Gasteiger partial charge in [0, 0.05) is 19.5 Å². The van der Waals surface area contributed by atoms with E-state index in [1.807, 2.05) is 0 Å². The van der Waals surface area contributed by atoms with Gasteiger partial charge in [-0.3, -0.25) is 0 Å². The first-order valence-corrected chi connectivity index (χ1v) is 8.63. The molecule has 0 aliphatic carbocycles. The second-order valence-electron chi connectivity index (χ2n) is 4.30. The molecule has 0 atom stereocenters. The van der Waals surface area contributed by atoms with E-state index in [0.717, 1.165) is 16.9 Å². The van der Waals surface area contributed by atoms with E-state index in [1.54, 1.807) is 23.6 Å². The Kier molecular flexibility index (Phi) is 4.80. The van der Waals surface area contributed by atoms with Gasteiger partial charge in [0.25, 0.3) is 10.0 Å². The minimum atomic E-state index is -3.57. The Balaban J connectivity index is 2.21. The molecule has 1 heterocycles. The number of sulfonamides is 1. The number of rotatable bonds is 5. The second-order valence-corrected chi connectivity index (χ2v) is 7.75. The molecule has 0 amide bonds. The molecule has 2 rings (SSSR count). The third-order valence-electron chi connectivity index (χ3n) is 2.74. The summed E-state index contributed by atoms with van der Waals surface area (Å²) >= 11 is 6.81. The quantitative estimate of drug-likeness (QED) is 0.786. The Morgan fingerprint density at radius 2 is 2.05 bits per heavy atom. The predicted octanol–water partition coefficient (Wildman–Crippen LogP) is 3.45. The molecule has 3 nitrogen and oxygen atoms in total. The van der Waals surface area contributed by atoms with Crippen LogP contribution in [0.4, 0.5) is 4.39 Å². The molecule has 1 aromatic heterocycles. The summed E-state index contributed by atoms with van der Waals surface area (Å²) < 4.78 is 39.2. The van der Waals surface area contributed by atoms with E-state index in [2.05, 4.69) is 0 Å². The van der Waals surface area contributed by atoms with Crippen molar-refractivity contribution in [3.63, 3.8) is 0 Å². The minimum absolute atomic E-state index is 0.119. The number of hydrogen-bond donors (Lipinski definition) is 0. The molecule has 2 aromatic rings. The first-order valence-electron chi connectivity index (χ1n) is 5.77. The van der Waals surface area contributed by atoms with Crippen LogP contribution in [-0.2, 0) is 22.4 Å². The van der Waals surface area contributed by atoms with Gasteiger partial charge in [0.1, 0.15) is 10.0 Å². The molecule has 7 heteroatoms. The van der Waals surface area contributed by atoms with Crippen molar-refractivity contribution in [1.29, 1.82) is 0 Å². The first kappa shape index (κ1) is 15.4. The molecule has 0 N–H and O–H groups in total. The van der Waals surface area contributed by atoms with Gasteiger partial charge in [-0.05, 0) is 34.7 Å². The van der Waals surface area contributed by atoms with Crippen LogP contribution in [0.25, 0.3) is 0 Å².